The van der Waals surface area contributed by atoms with E-state index >= 15 is 0 Å². The van der Waals surface area contributed by atoms with Crippen LogP contribution in [0.3, 0.4) is 0 Å². The fraction of sp³-hybridized carbons (Fsp3) is 0.467. The molecule has 1 amide bonds. The van der Waals surface area contributed by atoms with Gasteiger partial charge < -0.3 is 10.0 Å². The van der Waals surface area contributed by atoms with Gasteiger partial charge in [-0.2, -0.15) is 0 Å². The zero-order valence-electron chi connectivity index (χ0n) is 12.4. The smallest absolute Gasteiger partial charge is 0.308 e. The van der Waals surface area contributed by atoms with Crippen LogP contribution in [0.1, 0.15) is 20.8 Å². The summed E-state index contributed by atoms with van der Waals surface area (Å²) < 4.78 is 0. The predicted octanol–water partition coefficient (Wildman–Crippen LogP) is 3.39. The van der Waals surface area contributed by atoms with Crippen molar-refractivity contribution in [1.82, 2.24) is 4.90 Å². The number of rotatable bonds is 7. The molecule has 0 aliphatic carbocycles. The Labute approximate surface area is 134 Å². The molecule has 0 aromatic heterocycles. The Morgan fingerprint density at radius 2 is 1.86 bits per heavy atom. The highest BCUT2D eigenvalue weighted by atomic mass is 35.5. The summed E-state index contributed by atoms with van der Waals surface area (Å²) in [5.41, 5.74) is 0. The molecule has 6 heteroatoms. The Balaban J connectivity index is 2.66. The van der Waals surface area contributed by atoms with Crippen LogP contribution >= 0.6 is 23.4 Å². The van der Waals surface area contributed by atoms with Crippen LogP contribution in [0.25, 0.3) is 0 Å². The fourth-order valence-electron chi connectivity index (χ4n) is 1.81. The van der Waals surface area contributed by atoms with Crippen molar-refractivity contribution in [3.63, 3.8) is 0 Å². The summed E-state index contributed by atoms with van der Waals surface area (Å²) in [6.45, 7) is 6.02. The molecule has 0 aliphatic heterocycles. The second kappa shape index (κ2) is 8.29. The average molecular weight is 330 g/mol. The van der Waals surface area contributed by atoms with Crippen molar-refractivity contribution in [2.45, 2.75) is 30.9 Å². The lowest BCUT2D eigenvalue weighted by atomic mass is 10.1. The van der Waals surface area contributed by atoms with Crippen molar-refractivity contribution in [2.24, 2.45) is 5.92 Å². The number of hydrogen-bond donors (Lipinski definition) is 1. The third-order valence-corrected chi connectivity index (χ3v) is 4.43. The number of hydrogen-bond acceptors (Lipinski definition) is 3. The summed E-state index contributed by atoms with van der Waals surface area (Å²) in [4.78, 5) is 25.9. The Morgan fingerprint density at radius 1 is 1.29 bits per heavy atom. The van der Waals surface area contributed by atoms with E-state index in [1.807, 2.05) is 26.0 Å². The molecular weight excluding hydrogens is 310 g/mol. The SMILES string of the molecule is CCN(CC(C)C(=O)O)C(=O)C(C)Sc1ccc(Cl)cc1. The molecule has 0 saturated carbocycles. The summed E-state index contributed by atoms with van der Waals surface area (Å²) in [5, 5.41) is 9.34. The first-order valence-electron chi connectivity index (χ1n) is 6.79. The van der Waals surface area contributed by atoms with Crippen molar-refractivity contribution in [2.75, 3.05) is 13.1 Å². The maximum Gasteiger partial charge on any atom is 0.308 e. The Bertz CT molecular complexity index is 492. The molecule has 4 nitrogen and oxygen atoms in total. The van der Waals surface area contributed by atoms with Crippen molar-refractivity contribution >= 4 is 35.2 Å². The van der Waals surface area contributed by atoms with E-state index in [1.165, 1.54) is 11.8 Å². The molecule has 21 heavy (non-hydrogen) atoms. The highest BCUT2D eigenvalue weighted by Crippen LogP contribution is 2.26. The molecule has 2 unspecified atom stereocenters. The Morgan fingerprint density at radius 3 is 2.33 bits per heavy atom. The molecule has 0 aliphatic rings. The van der Waals surface area contributed by atoms with Crippen LogP contribution in [0.4, 0.5) is 0 Å². The third-order valence-electron chi connectivity index (χ3n) is 3.08. The van der Waals surface area contributed by atoms with E-state index in [9.17, 15) is 9.59 Å². The minimum Gasteiger partial charge on any atom is -0.481 e. The molecule has 0 radical (unpaired) electrons. The van der Waals surface area contributed by atoms with Crippen LogP contribution in [0, 0.1) is 5.92 Å². The number of carboxylic acids is 1. The lowest BCUT2D eigenvalue weighted by Crippen LogP contribution is -2.40. The largest absolute Gasteiger partial charge is 0.481 e. The third kappa shape index (κ3) is 5.59. The van der Waals surface area contributed by atoms with Gasteiger partial charge in [-0.1, -0.05) is 18.5 Å². The lowest BCUT2D eigenvalue weighted by Gasteiger charge is -2.25. The first-order chi connectivity index (χ1) is 9.85. The number of halogens is 1. The number of thioether (sulfide) groups is 1. The van der Waals surface area contributed by atoms with E-state index in [4.69, 9.17) is 16.7 Å². The first kappa shape index (κ1) is 17.9. The summed E-state index contributed by atoms with van der Waals surface area (Å²) in [6, 6.07) is 7.30. The molecule has 2 atom stereocenters. The standard InChI is InChI=1S/C15H20ClNO3S/c1-4-17(9-10(2)15(19)20)14(18)11(3)21-13-7-5-12(16)6-8-13/h5-8,10-11H,4,9H2,1-3H3,(H,19,20). The van der Waals surface area contributed by atoms with E-state index in [2.05, 4.69) is 0 Å². The molecule has 0 fully saturated rings. The van der Waals surface area contributed by atoms with Crippen LogP contribution in [0.15, 0.2) is 29.2 Å². The lowest BCUT2D eigenvalue weighted by molar-refractivity contribution is -0.142. The number of carboxylic acid groups (broad SMARTS) is 1. The predicted molar refractivity (Wildman–Crippen MR) is 85.8 cm³/mol. The van der Waals surface area contributed by atoms with Crippen molar-refractivity contribution < 1.29 is 14.7 Å². The van der Waals surface area contributed by atoms with E-state index in [0.29, 0.717) is 11.6 Å². The highest BCUT2D eigenvalue weighted by Gasteiger charge is 2.24. The molecule has 1 N–H and O–H groups in total. The fourth-order valence-corrected chi connectivity index (χ4v) is 2.89. The number of benzene rings is 1. The van der Waals surface area contributed by atoms with Crippen LogP contribution in [0.5, 0.6) is 0 Å². The van der Waals surface area contributed by atoms with E-state index < -0.39 is 11.9 Å². The normalized spacial score (nSPS) is 13.5. The number of carbonyl (C=O) groups is 2. The number of carbonyl (C=O) groups excluding carboxylic acids is 1. The molecule has 0 saturated heterocycles. The monoisotopic (exact) mass is 329 g/mol. The van der Waals surface area contributed by atoms with Crippen molar-refractivity contribution in [3.05, 3.63) is 29.3 Å². The van der Waals surface area contributed by atoms with Gasteiger partial charge in [0.05, 0.1) is 11.2 Å². The van der Waals surface area contributed by atoms with Gasteiger partial charge in [0.1, 0.15) is 0 Å². The summed E-state index contributed by atoms with van der Waals surface area (Å²) >= 11 is 7.27. The number of amides is 1. The molecule has 1 aromatic rings. The van der Waals surface area contributed by atoms with Crippen LogP contribution in [0.2, 0.25) is 5.02 Å². The number of nitrogens with zero attached hydrogens (tertiary/aromatic N) is 1. The molecule has 0 bridgehead atoms. The van der Waals surface area contributed by atoms with Gasteiger partial charge in [0.2, 0.25) is 5.91 Å². The maximum atomic E-state index is 12.4. The molecule has 1 rings (SSSR count). The quantitative estimate of drug-likeness (QED) is 0.779. The summed E-state index contributed by atoms with van der Waals surface area (Å²) in [6.07, 6.45) is 0. The maximum absolute atomic E-state index is 12.4. The van der Waals surface area contributed by atoms with E-state index in [-0.39, 0.29) is 17.7 Å². The Hall–Kier alpha value is -1.20. The van der Waals surface area contributed by atoms with Crippen molar-refractivity contribution in [1.29, 1.82) is 0 Å². The van der Waals surface area contributed by atoms with Crippen LogP contribution < -0.4 is 0 Å². The minimum atomic E-state index is -0.890. The van der Waals surface area contributed by atoms with Crippen LogP contribution in [-0.2, 0) is 9.59 Å². The minimum absolute atomic E-state index is 0.0504. The first-order valence-corrected chi connectivity index (χ1v) is 8.04. The molecule has 116 valence electrons. The topological polar surface area (TPSA) is 57.6 Å². The molecule has 0 spiro atoms. The van der Waals surface area contributed by atoms with Gasteiger partial charge in [0.25, 0.3) is 0 Å². The second-order valence-corrected chi connectivity index (χ2v) is 6.68. The van der Waals surface area contributed by atoms with Gasteiger partial charge in [-0.3, -0.25) is 9.59 Å². The molecular formula is C15H20ClNO3S. The zero-order chi connectivity index (χ0) is 16.0. The highest BCUT2D eigenvalue weighted by molar-refractivity contribution is 8.00. The van der Waals surface area contributed by atoms with Gasteiger partial charge in [-0.15, -0.1) is 11.8 Å². The summed E-state index contributed by atoms with van der Waals surface area (Å²) in [5.74, 6) is -1.51. The summed E-state index contributed by atoms with van der Waals surface area (Å²) in [7, 11) is 0. The van der Waals surface area contributed by atoms with Gasteiger partial charge >= 0.3 is 5.97 Å². The van der Waals surface area contributed by atoms with Gasteiger partial charge in [0, 0.05) is 23.0 Å². The molecule has 0 heterocycles. The Kier molecular flexibility index (Phi) is 7.05. The average Bonchev–Trinajstić information content (AvgIpc) is 2.45. The van der Waals surface area contributed by atoms with E-state index in [1.54, 1.807) is 24.0 Å². The van der Waals surface area contributed by atoms with Gasteiger partial charge in [0.15, 0.2) is 0 Å². The zero-order valence-corrected chi connectivity index (χ0v) is 13.9. The van der Waals surface area contributed by atoms with Crippen LogP contribution in [-0.4, -0.2) is 40.2 Å². The number of aliphatic carboxylic acids is 1. The van der Waals surface area contributed by atoms with Gasteiger partial charge in [-0.25, -0.2) is 0 Å². The van der Waals surface area contributed by atoms with Crippen molar-refractivity contribution in [3.8, 4) is 0 Å². The second-order valence-electron chi connectivity index (χ2n) is 4.83. The van der Waals surface area contributed by atoms with Gasteiger partial charge in [-0.05, 0) is 38.1 Å². The van der Waals surface area contributed by atoms with E-state index in [0.717, 1.165) is 4.90 Å². The molecule has 1 aromatic carbocycles.